The number of rotatable bonds is 16. The average Bonchev–Trinajstić information content (AvgIpc) is 3.08. The number of hydrogen-bond acceptors (Lipinski definition) is 4. The lowest BCUT2D eigenvalue weighted by Crippen LogP contribution is -2.19. The minimum atomic E-state index is -0.517. The molecule has 0 aromatic heterocycles. The summed E-state index contributed by atoms with van der Waals surface area (Å²) in [6.07, 6.45) is 32.4. The zero-order chi connectivity index (χ0) is 24.2. The van der Waals surface area contributed by atoms with Gasteiger partial charge in [-0.05, 0) is 58.3 Å². The van der Waals surface area contributed by atoms with Gasteiger partial charge in [0.2, 0.25) is 11.5 Å². The predicted molar refractivity (Wildman–Crippen MR) is 136 cm³/mol. The van der Waals surface area contributed by atoms with Crippen molar-refractivity contribution in [1.82, 2.24) is 0 Å². The van der Waals surface area contributed by atoms with Crippen LogP contribution in [0.2, 0.25) is 0 Å². The van der Waals surface area contributed by atoms with E-state index in [0.29, 0.717) is 18.6 Å². The fourth-order valence-corrected chi connectivity index (χ4v) is 3.04. The molecule has 1 aliphatic heterocycles. The normalized spacial score (nSPS) is 17.3. The first-order valence-electron chi connectivity index (χ1n) is 12.1. The van der Waals surface area contributed by atoms with E-state index < -0.39 is 12.1 Å². The lowest BCUT2D eigenvalue weighted by atomic mass is 10.2. The number of allylic oxidation sites excluding steroid dienone is 13. The molecule has 4 nitrogen and oxygen atoms in total. The average molecular weight is 453 g/mol. The number of hydrogen-bond donors (Lipinski definition) is 0. The maximum atomic E-state index is 12.0. The summed E-state index contributed by atoms with van der Waals surface area (Å²) in [5, 5.41) is 0. The van der Waals surface area contributed by atoms with E-state index in [-0.39, 0.29) is 18.0 Å². The molecule has 1 atom stereocenters. The molecule has 1 heterocycles. The van der Waals surface area contributed by atoms with Gasteiger partial charge in [-0.3, -0.25) is 9.59 Å². The molecule has 0 saturated carbocycles. The van der Waals surface area contributed by atoms with Crippen LogP contribution in [0.1, 0.15) is 78.6 Å². The van der Waals surface area contributed by atoms with Crippen molar-refractivity contribution >= 4 is 11.8 Å². The van der Waals surface area contributed by atoms with Gasteiger partial charge < -0.3 is 9.47 Å². The summed E-state index contributed by atoms with van der Waals surface area (Å²) < 4.78 is 10.6. The van der Waals surface area contributed by atoms with Gasteiger partial charge in [0.1, 0.15) is 5.76 Å². The van der Waals surface area contributed by atoms with Crippen molar-refractivity contribution in [3.8, 4) is 0 Å². The standard InChI is InChI=1S/C29H40O4/c1-4-6-7-8-9-10-11-12-13-14-15-16-17-18-19-20-21-22-23-24-27(30)33-29-25(3)32-26(5-2)28(29)31/h6-7,9-10,12-13,15-16,18-19,21-22,26H,4-5,8,11,14,17,20,23-24H2,1-3H3. The molecule has 180 valence electrons. The molecule has 0 aliphatic carbocycles. The van der Waals surface area contributed by atoms with Crippen molar-refractivity contribution < 1.29 is 19.1 Å². The van der Waals surface area contributed by atoms with Crippen molar-refractivity contribution in [3.63, 3.8) is 0 Å². The Bertz CT molecular complexity index is 790. The van der Waals surface area contributed by atoms with Crippen molar-refractivity contribution in [2.24, 2.45) is 0 Å². The summed E-state index contributed by atoms with van der Waals surface area (Å²) in [6, 6.07) is 0. The minimum absolute atomic E-state index is 0.0645. The van der Waals surface area contributed by atoms with Crippen LogP contribution >= 0.6 is 0 Å². The van der Waals surface area contributed by atoms with Gasteiger partial charge >= 0.3 is 5.97 Å². The van der Waals surface area contributed by atoms with Gasteiger partial charge in [-0.2, -0.15) is 0 Å². The summed E-state index contributed by atoms with van der Waals surface area (Å²) in [5.74, 6) is -0.182. The summed E-state index contributed by atoms with van der Waals surface area (Å²) in [6.45, 7) is 5.66. The molecular formula is C29H40O4. The molecule has 0 aromatic carbocycles. The maximum Gasteiger partial charge on any atom is 0.311 e. The van der Waals surface area contributed by atoms with Gasteiger partial charge in [-0.1, -0.05) is 86.8 Å². The number of carbonyl (C=O) groups excluding carboxylic acids is 2. The second-order valence-corrected chi connectivity index (χ2v) is 7.69. The highest BCUT2D eigenvalue weighted by atomic mass is 16.6. The van der Waals surface area contributed by atoms with Crippen LogP contribution < -0.4 is 0 Å². The van der Waals surface area contributed by atoms with Crippen molar-refractivity contribution in [3.05, 3.63) is 84.4 Å². The molecule has 1 unspecified atom stereocenters. The predicted octanol–water partition coefficient (Wildman–Crippen LogP) is 7.62. The highest BCUT2D eigenvalue weighted by Gasteiger charge is 2.34. The van der Waals surface area contributed by atoms with Crippen LogP contribution in [-0.2, 0) is 19.1 Å². The van der Waals surface area contributed by atoms with Gasteiger partial charge in [-0.25, -0.2) is 0 Å². The van der Waals surface area contributed by atoms with Crippen molar-refractivity contribution in [1.29, 1.82) is 0 Å². The van der Waals surface area contributed by atoms with Crippen molar-refractivity contribution in [2.75, 3.05) is 0 Å². The Labute approximate surface area is 200 Å². The Morgan fingerprint density at radius 1 is 0.788 bits per heavy atom. The van der Waals surface area contributed by atoms with Crippen LogP contribution in [0.25, 0.3) is 0 Å². The second kappa shape index (κ2) is 18.7. The molecule has 0 aromatic rings. The largest absolute Gasteiger partial charge is 0.483 e. The fourth-order valence-electron chi connectivity index (χ4n) is 3.04. The number of esters is 1. The Morgan fingerprint density at radius 3 is 1.67 bits per heavy atom. The quantitative estimate of drug-likeness (QED) is 0.178. The monoisotopic (exact) mass is 452 g/mol. The third-order valence-corrected chi connectivity index (χ3v) is 4.85. The minimum Gasteiger partial charge on any atom is -0.483 e. The third kappa shape index (κ3) is 13.3. The molecule has 0 amide bonds. The van der Waals surface area contributed by atoms with Gasteiger partial charge in [0.15, 0.2) is 6.10 Å². The van der Waals surface area contributed by atoms with Gasteiger partial charge in [0.05, 0.1) is 0 Å². The molecule has 0 spiro atoms. The Morgan fingerprint density at radius 2 is 1.24 bits per heavy atom. The van der Waals surface area contributed by atoms with E-state index in [1.807, 2.05) is 19.1 Å². The third-order valence-electron chi connectivity index (χ3n) is 4.85. The van der Waals surface area contributed by atoms with Crippen LogP contribution in [0, 0.1) is 0 Å². The number of ketones is 1. The first-order chi connectivity index (χ1) is 16.1. The smallest absolute Gasteiger partial charge is 0.311 e. The molecule has 0 saturated heterocycles. The number of Topliss-reactive ketones (excluding diaryl/α,β-unsaturated/α-hetero) is 1. The lowest BCUT2D eigenvalue weighted by Gasteiger charge is -2.05. The zero-order valence-corrected chi connectivity index (χ0v) is 20.5. The summed E-state index contributed by atoms with van der Waals surface area (Å²) in [5.41, 5.74) is 0. The Kier molecular flexibility index (Phi) is 15.9. The van der Waals surface area contributed by atoms with E-state index in [2.05, 4.69) is 67.7 Å². The van der Waals surface area contributed by atoms with Crippen LogP contribution in [0.5, 0.6) is 0 Å². The SMILES string of the molecule is CCC=CCC=CCC=CCC=CCC=CCC=CCCC(=O)OC1=C(C)OC(CC)C1=O. The molecule has 4 heteroatoms. The van der Waals surface area contributed by atoms with Crippen LogP contribution in [0.4, 0.5) is 0 Å². The van der Waals surface area contributed by atoms with Crippen LogP contribution in [-0.4, -0.2) is 17.9 Å². The van der Waals surface area contributed by atoms with E-state index in [1.165, 1.54) is 0 Å². The van der Waals surface area contributed by atoms with Gasteiger partial charge in [0, 0.05) is 6.42 Å². The second-order valence-electron chi connectivity index (χ2n) is 7.69. The Balaban J connectivity index is 2.06. The molecule has 1 rings (SSSR count). The van der Waals surface area contributed by atoms with Crippen LogP contribution in [0.15, 0.2) is 84.4 Å². The van der Waals surface area contributed by atoms with E-state index in [4.69, 9.17) is 9.47 Å². The van der Waals surface area contributed by atoms with Crippen LogP contribution in [0.3, 0.4) is 0 Å². The molecule has 0 fully saturated rings. The summed E-state index contributed by atoms with van der Waals surface area (Å²) in [7, 11) is 0. The lowest BCUT2D eigenvalue weighted by molar-refractivity contribution is -0.142. The molecule has 1 aliphatic rings. The number of ether oxygens (including phenoxy) is 2. The van der Waals surface area contributed by atoms with E-state index in [0.717, 1.165) is 38.5 Å². The maximum absolute atomic E-state index is 12.0. The molecular weight excluding hydrogens is 412 g/mol. The summed E-state index contributed by atoms with van der Waals surface area (Å²) in [4.78, 5) is 24.0. The highest BCUT2D eigenvalue weighted by molar-refractivity contribution is 6.01. The first kappa shape index (κ1) is 28.2. The Hall–Kier alpha value is -2.88. The number of carbonyl (C=O) groups is 2. The van der Waals surface area contributed by atoms with Crippen molar-refractivity contribution in [2.45, 2.75) is 84.7 Å². The molecule has 33 heavy (non-hydrogen) atoms. The fraction of sp³-hybridized carbons (Fsp3) is 0.448. The zero-order valence-electron chi connectivity index (χ0n) is 20.5. The highest BCUT2D eigenvalue weighted by Crippen LogP contribution is 2.24. The van der Waals surface area contributed by atoms with E-state index in [9.17, 15) is 9.59 Å². The first-order valence-corrected chi connectivity index (χ1v) is 12.1. The van der Waals surface area contributed by atoms with Gasteiger partial charge in [-0.15, -0.1) is 0 Å². The van der Waals surface area contributed by atoms with E-state index in [1.54, 1.807) is 6.92 Å². The van der Waals surface area contributed by atoms with Gasteiger partial charge in [0.25, 0.3) is 0 Å². The molecule has 0 radical (unpaired) electrons. The summed E-state index contributed by atoms with van der Waals surface area (Å²) >= 11 is 0. The topological polar surface area (TPSA) is 52.6 Å². The van der Waals surface area contributed by atoms with E-state index >= 15 is 0 Å². The molecule has 0 bridgehead atoms. The molecule has 0 N–H and O–H groups in total.